The van der Waals surface area contributed by atoms with Gasteiger partial charge in [0.05, 0.1) is 6.07 Å². The smallest absolute Gasteiger partial charge is 0.185 e. The molecule has 0 heterocycles. The molecule has 1 aromatic carbocycles. The molecule has 0 saturated carbocycles. The molecule has 1 aliphatic rings. The zero-order chi connectivity index (χ0) is 13.6. The lowest BCUT2D eigenvalue weighted by molar-refractivity contribution is 0.132. The van der Waals surface area contributed by atoms with E-state index in [4.69, 9.17) is 4.43 Å². The minimum atomic E-state index is -1.89. The highest BCUT2D eigenvalue weighted by molar-refractivity contribution is 6.69. The molecular weight excluding hydrogens is 252 g/mol. The summed E-state index contributed by atoms with van der Waals surface area (Å²) in [6.07, 6.45) is 0.667. The SMILES string of the molecule is C[Si](C)(C)OC1(C#N)Cc2cc(F)c(F)cc2C1. The summed E-state index contributed by atoms with van der Waals surface area (Å²) < 4.78 is 32.3. The van der Waals surface area contributed by atoms with Crippen LogP contribution in [-0.2, 0) is 17.3 Å². The van der Waals surface area contributed by atoms with E-state index in [2.05, 4.69) is 6.07 Å². The molecule has 5 heteroatoms. The Hall–Kier alpha value is -1.25. The van der Waals surface area contributed by atoms with Crippen molar-refractivity contribution in [3.8, 4) is 6.07 Å². The van der Waals surface area contributed by atoms with Gasteiger partial charge in [0.25, 0.3) is 0 Å². The Bertz CT molecular complexity index is 500. The fourth-order valence-corrected chi connectivity index (χ4v) is 3.76. The maximum absolute atomic E-state index is 13.2. The number of nitrogens with zero attached hydrogens (tertiary/aromatic N) is 1. The second-order valence-electron chi connectivity index (χ2n) is 5.71. The summed E-state index contributed by atoms with van der Waals surface area (Å²) in [7, 11) is -1.89. The summed E-state index contributed by atoms with van der Waals surface area (Å²) in [5, 5.41) is 9.35. The van der Waals surface area contributed by atoms with Crippen molar-refractivity contribution < 1.29 is 13.2 Å². The molecule has 2 nitrogen and oxygen atoms in total. The first-order chi connectivity index (χ1) is 8.25. The third kappa shape index (κ3) is 2.45. The van der Waals surface area contributed by atoms with Gasteiger partial charge in [-0.05, 0) is 42.9 Å². The molecule has 0 atom stereocenters. The molecule has 0 bridgehead atoms. The van der Waals surface area contributed by atoms with Gasteiger partial charge in [0.15, 0.2) is 25.6 Å². The van der Waals surface area contributed by atoms with E-state index in [0.717, 1.165) is 0 Å². The molecule has 0 unspecified atom stereocenters. The van der Waals surface area contributed by atoms with E-state index in [0.29, 0.717) is 24.0 Å². The van der Waals surface area contributed by atoms with Crippen molar-refractivity contribution in [2.45, 2.75) is 38.1 Å². The van der Waals surface area contributed by atoms with Crippen LogP contribution in [0.3, 0.4) is 0 Å². The predicted octanol–water partition coefficient (Wildman–Crippen LogP) is 3.18. The van der Waals surface area contributed by atoms with Crippen LogP contribution in [-0.4, -0.2) is 13.9 Å². The van der Waals surface area contributed by atoms with Crippen LogP contribution in [0.25, 0.3) is 0 Å². The highest BCUT2D eigenvalue weighted by Gasteiger charge is 2.42. The van der Waals surface area contributed by atoms with Gasteiger partial charge < -0.3 is 4.43 Å². The van der Waals surface area contributed by atoms with Gasteiger partial charge in [-0.25, -0.2) is 8.78 Å². The molecule has 1 aliphatic carbocycles. The molecule has 0 aliphatic heterocycles. The standard InChI is InChI=1S/C13H15F2NOSi/c1-18(2,3)17-13(8-16)6-9-4-11(14)12(15)5-10(9)7-13/h4-5H,6-7H2,1-3H3. The fraction of sp³-hybridized carbons (Fsp3) is 0.462. The number of rotatable bonds is 2. The Morgan fingerprint density at radius 2 is 1.61 bits per heavy atom. The van der Waals surface area contributed by atoms with E-state index in [1.165, 1.54) is 12.1 Å². The molecule has 0 radical (unpaired) electrons. The van der Waals surface area contributed by atoms with Crippen LogP contribution in [0.1, 0.15) is 11.1 Å². The minimum absolute atomic E-state index is 0.334. The van der Waals surface area contributed by atoms with Gasteiger partial charge in [0.2, 0.25) is 0 Å². The number of nitriles is 1. The third-order valence-corrected chi connectivity index (χ3v) is 3.90. The second kappa shape index (κ2) is 4.14. The van der Waals surface area contributed by atoms with Gasteiger partial charge >= 0.3 is 0 Å². The minimum Gasteiger partial charge on any atom is -0.399 e. The van der Waals surface area contributed by atoms with E-state index in [9.17, 15) is 14.0 Å². The normalized spacial score (nSPS) is 17.3. The van der Waals surface area contributed by atoms with Gasteiger partial charge in [-0.2, -0.15) is 5.26 Å². The molecule has 0 saturated heterocycles. The van der Waals surface area contributed by atoms with Crippen LogP contribution in [0.2, 0.25) is 19.6 Å². The van der Waals surface area contributed by atoms with Crippen LogP contribution < -0.4 is 0 Å². The average Bonchev–Trinajstić information content (AvgIpc) is 2.54. The molecule has 2 rings (SSSR count). The lowest BCUT2D eigenvalue weighted by Crippen LogP contribution is -2.42. The predicted molar refractivity (Wildman–Crippen MR) is 66.5 cm³/mol. The van der Waals surface area contributed by atoms with Crippen molar-refractivity contribution in [2.75, 3.05) is 0 Å². The number of fused-ring (bicyclic) bond motifs is 1. The van der Waals surface area contributed by atoms with E-state index in [1.54, 1.807) is 0 Å². The van der Waals surface area contributed by atoms with Crippen LogP contribution in [0.15, 0.2) is 12.1 Å². The Kier molecular flexibility index (Phi) is 3.04. The Morgan fingerprint density at radius 3 is 1.94 bits per heavy atom. The van der Waals surface area contributed by atoms with Crippen molar-refractivity contribution in [1.82, 2.24) is 0 Å². The van der Waals surface area contributed by atoms with Crippen LogP contribution >= 0.6 is 0 Å². The molecule has 18 heavy (non-hydrogen) atoms. The van der Waals surface area contributed by atoms with Gasteiger partial charge in [-0.3, -0.25) is 0 Å². The number of hydrogen-bond acceptors (Lipinski definition) is 2. The number of halogens is 2. The second-order valence-corrected chi connectivity index (χ2v) is 10.1. The van der Waals surface area contributed by atoms with Crippen LogP contribution in [0.5, 0.6) is 0 Å². The van der Waals surface area contributed by atoms with Gasteiger partial charge in [-0.1, -0.05) is 0 Å². The topological polar surface area (TPSA) is 33.0 Å². The first-order valence-electron chi connectivity index (χ1n) is 5.83. The monoisotopic (exact) mass is 267 g/mol. The van der Waals surface area contributed by atoms with Crippen LogP contribution in [0, 0.1) is 23.0 Å². The van der Waals surface area contributed by atoms with Crippen molar-refractivity contribution in [3.63, 3.8) is 0 Å². The summed E-state index contributed by atoms with van der Waals surface area (Å²) in [6.45, 7) is 5.99. The molecule has 0 aromatic heterocycles. The third-order valence-electron chi connectivity index (χ3n) is 2.90. The zero-order valence-electron chi connectivity index (χ0n) is 10.7. The van der Waals surface area contributed by atoms with Gasteiger partial charge in [-0.15, -0.1) is 0 Å². The molecule has 0 spiro atoms. The lowest BCUT2D eigenvalue weighted by Gasteiger charge is -2.29. The largest absolute Gasteiger partial charge is 0.399 e. The zero-order valence-corrected chi connectivity index (χ0v) is 11.7. The summed E-state index contributed by atoms with van der Waals surface area (Å²) in [4.78, 5) is 0. The molecule has 1 aromatic rings. The molecule has 0 amide bonds. The number of benzene rings is 1. The first kappa shape index (κ1) is 13.2. The van der Waals surface area contributed by atoms with Crippen molar-refractivity contribution in [3.05, 3.63) is 34.9 Å². The van der Waals surface area contributed by atoms with E-state index >= 15 is 0 Å². The van der Waals surface area contributed by atoms with Crippen molar-refractivity contribution in [2.24, 2.45) is 0 Å². The molecular formula is C13H15F2NOSi. The quantitative estimate of drug-likeness (QED) is 0.771. The van der Waals surface area contributed by atoms with E-state index < -0.39 is 25.6 Å². The van der Waals surface area contributed by atoms with Crippen molar-refractivity contribution >= 4 is 8.32 Å². The van der Waals surface area contributed by atoms with Gasteiger partial charge in [0, 0.05) is 12.8 Å². The summed E-state index contributed by atoms with van der Waals surface area (Å²) >= 11 is 0. The van der Waals surface area contributed by atoms with Gasteiger partial charge in [0.1, 0.15) is 0 Å². The average molecular weight is 267 g/mol. The summed E-state index contributed by atoms with van der Waals surface area (Å²) in [5.74, 6) is -1.73. The Balaban J connectivity index is 2.35. The molecule has 0 N–H and O–H groups in total. The summed E-state index contributed by atoms with van der Waals surface area (Å²) in [6, 6.07) is 4.54. The highest BCUT2D eigenvalue weighted by Crippen LogP contribution is 2.35. The Morgan fingerprint density at radius 1 is 1.17 bits per heavy atom. The Labute approximate surface area is 106 Å². The molecule has 96 valence electrons. The maximum atomic E-state index is 13.2. The fourth-order valence-electron chi connectivity index (χ4n) is 2.40. The maximum Gasteiger partial charge on any atom is 0.185 e. The first-order valence-corrected chi connectivity index (χ1v) is 9.24. The van der Waals surface area contributed by atoms with E-state index in [-0.39, 0.29) is 0 Å². The van der Waals surface area contributed by atoms with Crippen molar-refractivity contribution in [1.29, 1.82) is 5.26 Å². The lowest BCUT2D eigenvalue weighted by atomic mass is 10.0. The highest BCUT2D eigenvalue weighted by atomic mass is 28.4. The van der Waals surface area contributed by atoms with E-state index in [1.807, 2.05) is 19.6 Å². The molecule has 0 fully saturated rings. The van der Waals surface area contributed by atoms with Crippen LogP contribution in [0.4, 0.5) is 8.78 Å². The number of hydrogen-bond donors (Lipinski definition) is 0. The summed E-state index contributed by atoms with van der Waals surface area (Å²) in [5.41, 5.74) is 0.398.